The first-order valence-electron chi connectivity index (χ1n) is 13.7. The molecule has 0 aliphatic heterocycles. The lowest BCUT2D eigenvalue weighted by Gasteiger charge is -2.25. The van der Waals surface area contributed by atoms with Gasteiger partial charge in [-0.25, -0.2) is 0 Å². The molecule has 4 unspecified atom stereocenters. The summed E-state index contributed by atoms with van der Waals surface area (Å²) >= 11 is 0. The van der Waals surface area contributed by atoms with Gasteiger partial charge in [-0.1, -0.05) is 59.9 Å². The number of carboxylic acids is 1. The van der Waals surface area contributed by atoms with E-state index in [4.69, 9.17) is 19.9 Å². The highest BCUT2D eigenvalue weighted by atomic mass is 16.6. The fraction of sp³-hybridized carbons (Fsp3) is 0.655. The summed E-state index contributed by atoms with van der Waals surface area (Å²) in [6.07, 6.45) is 4.23. The minimum Gasteiger partial charge on any atom is -0.480 e. The molecule has 0 spiro atoms. The number of ether oxygens (including phenoxy) is 3. The predicted octanol–water partition coefficient (Wildman–Crippen LogP) is 5.38. The number of carbonyl (C=O) groups excluding carboxylic acids is 3. The van der Waals surface area contributed by atoms with Gasteiger partial charge in [0.15, 0.2) is 11.5 Å². The number of unbranched alkanes of at least 4 members (excludes halogenated alkanes) is 1. The molecule has 1 aromatic carbocycles. The van der Waals surface area contributed by atoms with Crippen LogP contribution in [0.2, 0.25) is 0 Å². The summed E-state index contributed by atoms with van der Waals surface area (Å²) in [7, 11) is 0. The van der Waals surface area contributed by atoms with Crippen LogP contribution in [0.4, 0.5) is 0 Å². The van der Waals surface area contributed by atoms with E-state index in [-0.39, 0.29) is 42.1 Å². The van der Waals surface area contributed by atoms with Gasteiger partial charge in [-0.3, -0.25) is 19.2 Å². The molecule has 0 heterocycles. The van der Waals surface area contributed by atoms with Crippen LogP contribution in [-0.2, 0) is 23.9 Å². The Labute approximate surface area is 226 Å². The van der Waals surface area contributed by atoms with Crippen LogP contribution in [0.25, 0.3) is 0 Å². The lowest BCUT2D eigenvalue weighted by atomic mass is 9.87. The number of nitrogens with two attached hydrogens (primary N) is 1. The smallest absolute Gasteiger partial charge is 0.321 e. The summed E-state index contributed by atoms with van der Waals surface area (Å²) < 4.78 is 16.7. The molecule has 38 heavy (non-hydrogen) atoms. The van der Waals surface area contributed by atoms with Crippen LogP contribution in [0.15, 0.2) is 18.2 Å². The number of benzene rings is 1. The molecule has 5 atom stereocenters. The first-order valence-corrected chi connectivity index (χ1v) is 13.7. The number of carboxylic acid groups (broad SMARTS) is 1. The molecule has 0 aliphatic rings. The van der Waals surface area contributed by atoms with Gasteiger partial charge in [0.05, 0.1) is 17.9 Å². The van der Waals surface area contributed by atoms with Crippen LogP contribution in [0.5, 0.6) is 11.5 Å². The first-order chi connectivity index (χ1) is 17.9. The molecule has 0 aliphatic carbocycles. The molecule has 0 aromatic heterocycles. The molecule has 0 bridgehead atoms. The van der Waals surface area contributed by atoms with Crippen LogP contribution in [-0.4, -0.2) is 41.1 Å². The Hall–Kier alpha value is -2.94. The van der Waals surface area contributed by atoms with Crippen molar-refractivity contribution in [1.82, 2.24) is 0 Å². The van der Waals surface area contributed by atoms with Crippen molar-refractivity contribution in [2.75, 3.05) is 0 Å². The van der Waals surface area contributed by atoms with Crippen LogP contribution >= 0.6 is 0 Å². The number of carbonyl (C=O) groups is 4. The maximum atomic E-state index is 12.7. The quantitative estimate of drug-likeness (QED) is 0.199. The Morgan fingerprint density at radius 3 is 1.92 bits per heavy atom. The topological polar surface area (TPSA) is 142 Å². The molecule has 0 radical (unpaired) electrons. The highest BCUT2D eigenvalue weighted by Gasteiger charge is 2.30. The zero-order chi connectivity index (χ0) is 28.8. The fourth-order valence-electron chi connectivity index (χ4n) is 4.11. The second kappa shape index (κ2) is 16.8. The van der Waals surface area contributed by atoms with E-state index in [2.05, 4.69) is 0 Å². The third kappa shape index (κ3) is 10.8. The van der Waals surface area contributed by atoms with Crippen molar-refractivity contribution < 1.29 is 38.5 Å². The molecule has 0 saturated heterocycles. The highest BCUT2D eigenvalue weighted by Crippen LogP contribution is 2.35. The zero-order valence-electron chi connectivity index (χ0n) is 23.7. The maximum Gasteiger partial charge on any atom is 0.321 e. The average Bonchev–Trinajstić information content (AvgIpc) is 2.86. The third-order valence-electron chi connectivity index (χ3n) is 6.44. The Bertz CT molecular complexity index is 931. The molecule has 0 fully saturated rings. The van der Waals surface area contributed by atoms with Crippen molar-refractivity contribution in [3.05, 3.63) is 23.8 Å². The summed E-state index contributed by atoms with van der Waals surface area (Å²) in [5.74, 6) is -3.93. The highest BCUT2D eigenvalue weighted by molar-refractivity contribution is 5.79. The van der Waals surface area contributed by atoms with Gasteiger partial charge in [0.25, 0.3) is 0 Å². The van der Waals surface area contributed by atoms with E-state index in [0.29, 0.717) is 24.8 Å². The summed E-state index contributed by atoms with van der Waals surface area (Å²) in [4.78, 5) is 49.3. The van der Waals surface area contributed by atoms with Crippen molar-refractivity contribution in [2.45, 2.75) is 111 Å². The molecule has 0 saturated carbocycles. The molecular formula is C29H45NO8. The van der Waals surface area contributed by atoms with E-state index < -0.39 is 36.0 Å². The zero-order valence-corrected chi connectivity index (χ0v) is 23.7. The summed E-state index contributed by atoms with van der Waals surface area (Å²) in [5.41, 5.74) is 6.51. The normalized spacial score (nSPS) is 15.0. The number of hydrogen-bond acceptors (Lipinski definition) is 8. The summed E-state index contributed by atoms with van der Waals surface area (Å²) in [5, 5.41) is 9.67. The van der Waals surface area contributed by atoms with E-state index >= 15 is 0 Å². The van der Waals surface area contributed by atoms with Gasteiger partial charge in [-0.15, -0.1) is 0 Å². The number of esters is 3. The molecule has 1 aromatic rings. The fourth-order valence-corrected chi connectivity index (χ4v) is 4.11. The van der Waals surface area contributed by atoms with Gasteiger partial charge in [0, 0.05) is 12.3 Å². The maximum absolute atomic E-state index is 12.7. The minimum absolute atomic E-state index is 0.0164. The third-order valence-corrected chi connectivity index (χ3v) is 6.44. The van der Waals surface area contributed by atoms with Gasteiger partial charge in [0.1, 0.15) is 6.04 Å². The number of hydrogen-bond donors (Lipinski definition) is 2. The van der Waals surface area contributed by atoms with Crippen molar-refractivity contribution in [3.63, 3.8) is 0 Å². The van der Waals surface area contributed by atoms with Gasteiger partial charge in [-0.05, 0) is 50.3 Å². The van der Waals surface area contributed by atoms with Crippen LogP contribution in [0.1, 0.15) is 104 Å². The van der Waals surface area contributed by atoms with E-state index in [0.717, 1.165) is 19.3 Å². The Balaban J connectivity index is 3.36. The van der Waals surface area contributed by atoms with E-state index in [9.17, 15) is 24.3 Å². The molecule has 3 N–H and O–H groups in total. The van der Waals surface area contributed by atoms with Crippen molar-refractivity contribution in [2.24, 2.45) is 17.6 Å². The number of rotatable bonds is 17. The Morgan fingerprint density at radius 1 is 0.868 bits per heavy atom. The van der Waals surface area contributed by atoms with Crippen LogP contribution < -0.4 is 15.2 Å². The number of aliphatic carboxylic acids is 1. The standard InChI is InChI=1S/C29H45NO8/c1-7-10-13-25(31)36-20(6)16-22(26(30)27(32)33)21-14-15-23(37-28(34)18(4)11-8-2)24(17-21)38-29(35)19(5)12-9-3/h14-15,17-20,22,26H,7-13,16,30H2,1-6H3,(H,32,33)/t18?,19?,20?,22?,26-/m0/s1. The van der Waals surface area contributed by atoms with E-state index in [1.807, 2.05) is 20.8 Å². The molecule has 9 nitrogen and oxygen atoms in total. The Kier molecular flexibility index (Phi) is 14.6. The second-order valence-electron chi connectivity index (χ2n) is 10.0. The largest absolute Gasteiger partial charge is 0.480 e. The van der Waals surface area contributed by atoms with Crippen molar-refractivity contribution in [3.8, 4) is 11.5 Å². The SMILES string of the molecule is CCCCC(=O)OC(C)CC(c1ccc(OC(=O)C(C)CCC)c(OC(=O)C(C)CCC)c1)[C@H](N)C(=O)O. The molecule has 0 amide bonds. The first kappa shape index (κ1) is 33.1. The van der Waals surface area contributed by atoms with Gasteiger partial charge >= 0.3 is 23.9 Å². The Morgan fingerprint density at radius 2 is 1.42 bits per heavy atom. The average molecular weight is 536 g/mol. The molecule has 1 rings (SSSR count). The van der Waals surface area contributed by atoms with Crippen LogP contribution in [0, 0.1) is 11.8 Å². The predicted molar refractivity (Wildman–Crippen MR) is 144 cm³/mol. The molecule has 214 valence electrons. The van der Waals surface area contributed by atoms with Gasteiger partial charge < -0.3 is 25.1 Å². The lowest BCUT2D eigenvalue weighted by molar-refractivity contribution is -0.149. The monoisotopic (exact) mass is 535 g/mol. The van der Waals surface area contributed by atoms with Crippen molar-refractivity contribution >= 4 is 23.9 Å². The van der Waals surface area contributed by atoms with Gasteiger partial charge in [-0.2, -0.15) is 0 Å². The lowest BCUT2D eigenvalue weighted by Crippen LogP contribution is -2.38. The van der Waals surface area contributed by atoms with Crippen LogP contribution in [0.3, 0.4) is 0 Å². The van der Waals surface area contributed by atoms with Gasteiger partial charge in [0.2, 0.25) is 0 Å². The minimum atomic E-state index is -1.31. The molecule has 9 heteroatoms. The summed E-state index contributed by atoms with van der Waals surface area (Å²) in [6, 6.07) is 3.26. The van der Waals surface area contributed by atoms with E-state index in [1.54, 1.807) is 26.8 Å². The molecular weight excluding hydrogens is 490 g/mol. The summed E-state index contributed by atoms with van der Waals surface area (Å²) in [6.45, 7) is 11.1. The van der Waals surface area contributed by atoms with E-state index in [1.165, 1.54) is 12.1 Å². The second-order valence-corrected chi connectivity index (χ2v) is 10.0. The van der Waals surface area contributed by atoms with Crippen molar-refractivity contribution in [1.29, 1.82) is 0 Å².